The summed E-state index contributed by atoms with van der Waals surface area (Å²) >= 11 is 4.05. The summed E-state index contributed by atoms with van der Waals surface area (Å²) in [5.41, 5.74) is 6.23. The fourth-order valence-corrected chi connectivity index (χ4v) is 2.41. The average molecular weight is 347 g/mol. The van der Waals surface area contributed by atoms with Crippen LogP contribution in [0.4, 0.5) is 10.3 Å². The van der Waals surface area contributed by atoms with E-state index in [9.17, 15) is 9.18 Å². The minimum absolute atomic E-state index is 0.103. The molecule has 1 aromatic heterocycles. The van der Waals surface area contributed by atoms with Gasteiger partial charge in [-0.05, 0) is 34.1 Å². The molecule has 0 atom stereocenters. The van der Waals surface area contributed by atoms with Crippen molar-refractivity contribution in [1.29, 1.82) is 0 Å². The molecule has 0 spiro atoms. The molecule has 1 aromatic carbocycles. The average Bonchev–Trinajstić information content (AvgIpc) is 2.71. The molecule has 3 N–H and O–H groups in total. The second-order valence-corrected chi connectivity index (χ2v) is 5.25. The zero-order chi connectivity index (χ0) is 14.0. The number of anilines is 1. The van der Waals surface area contributed by atoms with E-state index in [-0.39, 0.29) is 16.2 Å². The molecular formula is C10H8BrFN4O2S. The number of nitrogens with zero attached hydrogens (tertiary/aromatic N) is 3. The molecule has 0 aliphatic carbocycles. The lowest BCUT2D eigenvalue weighted by atomic mass is 10.3. The molecule has 0 radical (unpaired) electrons. The molecule has 0 saturated carbocycles. The van der Waals surface area contributed by atoms with E-state index >= 15 is 0 Å². The number of halogens is 2. The van der Waals surface area contributed by atoms with Crippen molar-refractivity contribution in [2.45, 2.75) is 5.16 Å². The molecule has 0 aliphatic heterocycles. The lowest BCUT2D eigenvalue weighted by Gasteiger charge is -2.08. The van der Waals surface area contributed by atoms with Crippen molar-refractivity contribution in [2.24, 2.45) is 0 Å². The van der Waals surface area contributed by atoms with Gasteiger partial charge in [-0.1, -0.05) is 11.8 Å². The highest BCUT2D eigenvalue weighted by molar-refractivity contribution is 9.10. The highest BCUT2D eigenvalue weighted by Crippen LogP contribution is 2.26. The Balaban J connectivity index is 2.40. The SMILES string of the molecule is Nc1nnc(SCC(=O)O)n1-c1ccc(F)c(Br)c1. The monoisotopic (exact) mass is 346 g/mol. The van der Waals surface area contributed by atoms with Crippen LogP contribution in [0.15, 0.2) is 27.8 Å². The summed E-state index contributed by atoms with van der Waals surface area (Å²) in [6, 6.07) is 4.29. The van der Waals surface area contributed by atoms with Crippen LogP contribution in [-0.2, 0) is 4.79 Å². The Hall–Kier alpha value is -1.61. The third kappa shape index (κ3) is 3.04. The van der Waals surface area contributed by atoms with Crippen molar-refractivity contribution < 1.29 is 14.3 Å². The van der Waals surface area contributed by atoms with Crippen molar-refractivity contribution >= 4 is 39.6 Å². The summed E-state index contributed by atoms with van der Waals surface area (Å²) in [7, 11) is 0. The van der Waals surface area contributed by atoms with Gasteiger partial charge >= 0.3 is 5.97 Å². The molecule has 0 bridgehead atoms. The number of carboxylic acid groups (broad SMARTS) is 1. The highest BCUT2D eigenvalue weighted by Gasteiger charge is 2.14. The first-order valence-electron chi connectivity index (χ1n) is 5.00. The summed E-state index contributed by atoms with van der Waals surface area (Å²) in [5.74, 6) is -1.44. The van der Waals surface area contributed by atoms with Crippen molar-refractivity contribution in [3.05, 3.63) is 28.5 Å². The summed E-state index contributed by atoms with van der Waals surface area (Å²) in [6.07, 6.45) is 0. The molecule has 0 amide bonds. The molecule has 9 heteroatoms. The topological polar surface area (TPSA) is 94.0 Å². The lowest BCUT2D eigenvalue weighted by Crippen LogP contribution is -2.04. The van der Waals surface area contributed by atoms with Gasteiger partial charge in [-0.3, -0.25) is 9.36 Å². The first-order chi connectivity index (χ1) is 8.99. The van der Waals surface area contributed by atoms with E-state index in [4.69, 9.17) is 10.8 Å². The smallest absolute Gasteiger partial charge is 0.313 e. The van der Waals surface area contributed by atoms with Gasteiger partial charge in [0.05, 0.1) is 15.9 Å². The predicted octanol–water partition coefficient (Wildman–Crippen LogP) is 1.93. The number of carboxylic acids is 1. The van der Waals surface area contributed by atoms with Gasteiger partial charge in [0, 0.05) is 0 Å². The van der Waals surface area contributed by atoms with Gasteiger partial charge in [0.2, 0.25) is 5.95 Å². The number of rotatable bonds is 4. The minimum atomic E-state index is -0.974. The molecule has 19 heavy (non-hydrogen) atoms. The van der Waals surface area contributed by atoms with E-state index in [0.717, 1.165) is 11.8 Å². The first kappa shape index (κ1) is 13.8. The van der Waals surface area contributed by atoms with Crippen LogP contribution in [0.3, 0.4) is 0 Å². The van der Waals surface area contributed by atoms with Crippen LogP contribution in [0.5, 0.6) is 0 Å². The summed E-state index contributed by atoms with van der Waals surface area (Å²) in [6.45, 7) is 0. The number of nitrogens with two attached hydrogens (primary N) is 1. The first-order valence-corrected chi connectivity index (χ1v) is 6.78. The summed E-state index contributed by atoms with van der Waals surface area (Å²) in [4.78, 5) is 10.6. The predicted molar refractivity (Wildman–Crippen MR) is 71.8 cm³/mol. The van der Waals surface area contributed by atoms with E-state index in [1.54, 1.807) is 0 Å². The standard InChI is InChI=1S/C10H8BrFN4O2S/c11-6-3-5(1-2-7(6)12)16-9(13)14-15-10(16)19-4-8(17)18/h1-3H,4H2,(H2,13,14)(H,17,18). The molecule has 0 fully saturated rings. The van der Waals surface area contributed by atoms with Crippen LogP contribution >= 0.6 is 27.7 Å². The molecule has 0 aliphatic rings. The van der Waals surface area contributed by atoms with E-state index in [0.29, 0.717) is 10.8 Å². The van der Waals surface area contributed by atoms with Crippen LogP contribution in [-0.4, -0.2) is 31.6 Å². The zero-order valence-corrected chi connectivity index (χ0v) is 11.8. The number of hydrogen-bond acceptors (Lipinski definition) is 5. The Labute approximate surface area is 119 Å². The molecule has 1 heterocycles. The number of carbonyl (C=O) groups is 1. The van der Waals surface area contributed by atoms with E-state index < -0.39 is 11.8 Å². The lowest BCUT2D eigenvalue weighted by molar-refractivity contribution is -0.133. The maximum Gasteiger partial charge on any atom is 0.313 e. The highest BCUT2D eigenvalue weighted by atomic mass is 79.9. The quantitative estimate of drug-likeness (QED) is 0.821. The number of hydrogen-bond donors (Lipinski definition) is 2. The van der Waals surface area contributed by atoms with Crippen LogP contribution in [0.2, 0.25) is 0 Å². The van der Waals surface area contributed by atoms with Gasteiger partial charge in [-0.2, -0.15) is 0 Å². The Kier molecular flexibility index (Phi) is 4.05. The maximum absolute atomic E-state index is 13.2. The second kappa shape index (κ2) is 5.57. The molecular weight excluding hydrogens is 339 g/mol. The Morgan fingerprint density at radius 2 is 2.26 bits per heavy atom. The van der Waals surface area contributed by atoms with Gasteiger partial charge in [0.15, 0.2) is 5.16 Å². The van der Waals surface area contributed by atoms with E-state index in [1.807, 2.05) is 0 Å². The van der Waals surface area contributed by atoms with Crippen LogP contribution in [0, 0.1) is 5.82 Å². The fourth-order valence-electron chi connectivity index (χ4n) is 1.37. The molecule has 2 aromatic rings. The van der Waals surface area contributed by atoms with E-state index in [2.05, 4.69) is 26.1 Å². The van der Waals surface area contributed by atoms with Crippen LogP contribution in [0.25, 0.3) is 5.69 Å². The number of aliphatic carboxylic acids is 1. The molecule has 0 unspecified atom stereocenters. The van der Waals surface area contributed by atoms with Gasteiger partial charge in [0.25, 0.3) is 0 Å². The third-order valence-electron chi connectivity index (χ3n) is 2.14. The third-order valence-corrected chi connectivity index (χ3v) is 3.67. The zero-order valence-electron chi connectivity index (χ0n) is 9.38. The van der Waals surface area contributed by atoms with Gasteiger partial charge in [-0.15, -0.1) is 10.2 Å². The molecule has 2 rings (SSSR count). The number of benzene rings is 1. The Bertz CT molecular complexity index is 634. The van der Waals surface area contributed by atoms with Crippen molar-refractivity contribution in [3.8, 4) is 5.69 Å². The van der Waals surface area contributed by atoms with Crippen LogP contribution in [0.1, 0.15) is 0 Å². The Morgan fingerprint density at radius 1 is 1.53 bits per heavy atom. The maximum atomic E-state index is 13.2. The molecule has 6 nitrogen and oxygen atoms in total. The molecule has 100 valence electrons. The fraction of sp³-hybridized carbons (Fsp3) is 0.100. The summed E-state index contributed by atoms with van der Waals surface area (Å²) in [5, 5.41) is 16.5. The number of thioether (sulfide) groups is 1. The normalized spacial score (nSPS) is 10.6. The molecule has 0 saturated heterocycles. The number of aromatic nitrogens is 3. The largest absolute Gasteiger partial charge is 0.481 e. The van der Waals surface area contributed by atoms with E-state index in [1.165, 1.54) is 22.8 Å². The van der Waals surface area contributed by atoms with Crippen molar-refractivity contribution in [3.63, 3.8) is 0 Å². The van der Waals surface area contributed by atoms with Crippen molar-refractivity contribution in [2.75, 3.05) is 11.5 Å². The van der Waals surface area contributed by atoms with Gasteiger partial charge in [-0.25, -0.2) is 4.39 Å². The van der Waals surface area contributed by atoms with Gasteiger partial charge in [0.1, 0.15) is 5.82 Å². The minimum Gasteiger partial charge on any atom is -0.481 e. The summed E-state index contributed by atoms with van der Waals surface area (Å²) < 4.78 is 14.9. The second-order valence-electron chi connectivity index (χ2n) is 3.46. The Morgan fingerprint density at radius 3 is 2.89 bits per heavy atom. The van der Waals surface area contributed by atoms with Crippen molar-refractivity contribution in [1.82, 2.24) is 14.8 Å². The van der Waals surface area contributed by atoms with Gasteiger partial charge < -0.3 is 10.8 Å². The number of nitrogen functional groups attached to an aromatic ring is 1. The van der Waals surface area contributed by atoms with Crippen LogP contribution < -0.4 is 5.73 Å².